The summed E-state index contributed by atoms with van der Waals surface area (Å²) in [7, 11) is -3.59. The molecule has 0 aromatic rings. The van der Waals surface area contributed by atoms with Crippen LogP contribution in [-0.4, -0.2) is 63.3 Å². The van der Waals surface area contributed by atoms with Crippen LogP contribution in [0.4, 0.5) is 0 Å². The molecule has 0 amide bonds. The summed E-state index contributed by atoms with van der Waals surface area (Å²) in [5.74, 6) is 0.583. The standard InChI is InChI=1S/C18H33NO5S/c1-2-12-23-13-4-3-5-17-6-10-19(11-7-17)25(21,22)18(16-20)8-14-24-15-9-18/h16-17H,2-15H2,1H3. The van der Waals surface area contributed by atoms with Crippen molar-refractivity contribution >= 4 is 16.3 Å². The molecule has 0 unspecified atom stereocenters. The third kappa shape index (κ3) is 5.25. The topological polar surface area (TPSA) is 72.9 Å². The maximum absolute atomic E-state index is 13.0. The molecule has 0 atom stereocenters. The molecule has 2 saturated heterocycles. The van der Waals surface area contributed by atoms with Gasteiger partial charge in [0.15, 0.2) is 0 Å². The largest absolute Gasteiger partial charge is 0.381 e. The lowest BCUT2D eigenvalue weighted by molar-refractivity contribution is -0.112. The third-order valence-electron chi connectivity index (χ3n) is 5.48. The smallest absolute Gasteiger partial charge is 0.226 e. The Labute approximate surface area is 152 Å². The Morgan fingerprint density at radius 2 is 1.84 bits per heavy atom. The second-order valence-corrected chi connectivity index (χ2v) is 9.53. The number of carbonyl (C=O) groups excluding carboxylic acids is 1. The van der Waals surface area contributed by atoms with E-state index in [4.69, 9.17) is 9.47 Å². The van der Waals surface area contributed by atoms with E-state index >= 15 is 0 Å². The zero-order valence-corrected chi connectivity index (χ0v) is 16.3. The Morgan fingerprint density at radius 3 is 2.44 bits per heavy atom. The molecule has 0 bridgehead atoms. The van der Waals surface area contributed by atoms with E-state index in [-0.39, 0.29) is 12.8 Å². The first-order valence-corrected chi connectivity index (χ1v) is 11.1. The summed E-state index contributed by atoms with van der Waals surface area (Å²) < 4.78 is 37.0. The highest BCUT2D eigenvalue weighted by Crippen LogP contribution is 2.33. The van der Waals surface area contributed by atoms with E-state index in [9.17, 15) is 13.2 Å². The average Bonchev–Trinajstić information content (AvgIpc) is 2.65. The molecule has 2 rings (SSSR count). The fourth-order valence-electron chi connectivity index (χ4n) is 3.73. The molecule has 0 aromatic heterocycles. The van der Waals surface area contributed by atoms with Crippen LogP contribution in [0.3, 0.4) is 0 Å². The SMILES string of the molecule is CCCOCCCCC1CCN(S(=O)(=O)C2(C=O)CCOCC2)CC1. The normalized spacial score (nSPS) is 22.8. The van der Waals surface area contributed by atoms with Gasteiger partial charge in [-0.25, -0.2) is 12.7 Å². The van der Waals surface area contributed by atoms with Crippen LogP contribution in [0.1, 0.15) is 58.3 Å². The van der Waals surface area contributed by atoms with Gasteiger partial charge in [-0.15, -0.1) is 0 Å². The van der Waals surface area contributed by atoms with Crippen molar-refractivity contribution in [2.75, 3.05) is 39.5 Å². The van der Waals surface area contributed by atoms with Gasteiger partial charge in [-0.2, -0.15) is 0 Å². The number of sulfonamides is 1. The molecule has 7 heteroatoms. The van der Waals surface area contributed by atoms with Gasteiger partial charge in [0, 0.05) is 39.5 Å². The molecule has 146 valence electrons. The minimum absolute atomic E-state index is 0.274. The van der Waals surface area contributed by atoms with E-state index in [0.717, 1.165) is 51.7 Å². The number of unbranched alkanes of at least 4 members (excludes halogenated alkanes) is 1. The van der Waals surface area contributed by atoms with Crippen molar-refractivity contribution in [3.8, 4) is 0 Å². The molecule has 6 nitrogen and oxygen atoms in total. The van der Waals surface area contributed by atoms with Crippen LogP contribution in [-0.2, 0) is 24.3 Å². The Bertz CT molecular complexity index is 494. The van der Waals surface area contributed by atoms with Gasteiger partial charge in [0.1, 0.15) is 11.0 Å². The molecular weight excluding hydrogens is 342 g/mol. The van der Waals surface area contributed by atoms with Crippen molar-refractivity contribution in [2.45, 2.75) is 63.0 Å². The molecule has 2 aliphatic heterocycles. The van der Waals surface area contributed by atoms with Crippen molar-refractivity contribution < 1.29 is 22.7 Å². The van der Waals surface area contributed by atoms with Gasteiger partial charge in [-0.05, 0) is 44.4 Å². The first kappa shape index (κ1) is 20.8. The maximum Gasteiger partial charge on any atom is 0.226 e. The summed E-state index contributed by atoms with van der Waals surface area (Å²) in [6, 6.07) is 0. The minimum atomic E-state index is -3.59. The van der Waals surface area contributed by atoms with Crippen LogP contribution in [0.15, 0.2) is 0 Å². The summed E-state index contributed by atoms with van der Waals surface area (Å²) >= 11 is 0. The van der Waals surface area contributed by atoms with Gasteiger partial charge in [0.05, 0.1) is 0 Å². The van der Waals surface area contributed by atoms with Crippen molar-refractivity contribution in [1.29, 1.82) is 0 Å². The summed E-state index contributed by atoms with van der Waals surface area (Å²) in [5.41, 5.74) is 0. The molecule has 0 radical (unpaired) electrons. The minimum Gasteiger partial charge on any atom is -0.381 e. The Balaban J connectivity index is 1.78. The second-order valence-electron chi connectivity index (χ2n) is 7.25. The molecule has 2 heterocycles. The van der Waals surface area contributed by atoms with Gasteiger partial charge in [0.2, 0.25) is 10.0 Å². The average molecular weight is 376 g/mol. The number of ether oxygens (including phenoxy) is 2. The van der Waals surface area contributed by atoms with Gasteiger partial charge in [-0.3, -0.25) is 0 Å². The molecule has 25 heavy (non-hydrogen) atoms. The number of nitrogens with zero attached hydrogens (tertiary/aromatic N) is 1. The van der Waals surface area contributed by atoms with Crippen LogP contribution >= 0.6 is 0 Å². The quantitative estimate of drug-likeness (QED) is 0.433. The highest BCUT2D eigenvalue weighted by Gasteiger charge is 2.48. The fourth-order valence-corrected chi connectivity index (χ4v) is 5.74. The maximum atomic E-state index is 13.0. The molecular formula is C18H33NO5S. The van der Waals surface area contributed by atoms with E-state index in [1.165, 1.54) is 0 Å². The summed E-state index contributed by atoms with van der Waals surface area (Å²) in [5, 5.41) is 0. The Morgan fingerprint density at radius 1 is 1.16 bits per heavy atom. The van der Waals surface area contributed by atoms with Gasteiger partial charge in [0.25, 0.3) is 0 Å². The van der Waals surface area contributed by atoms with Crippen molar-refractivity contribution in [3.05, 3.63) is 0 Å². The number of hydrogen-bond acceptors (Lipinski definition) is 5. The third-order valence-corrected chi connectivity index (χ3v) is 8.06. The monoisotopic (exact) mass is 375 g/mol. The zero-order valence-electron chi connectivity index (χ0n) is 15.5. The molecule has 0 saturated carbocycles. The highest BCUT2D eigenvalue weighted by atomic mass is 32.2. The lowest BCUT2D eigenvalue weighted by atomic mass is 9.92. The Hall–Kier alpha value is -0.500. The second kappa shape index (κ2) is 10.00. The lowest BCUT2D eigenvalue weighted by Crippen LogP contribution is -2.54. The van der Waals surface area contributed by atoms with Crippen LogP contribution in [0.5, 0.6) is 0 Å². The molecule has 2 aliphatic rings. The van der Waals surface area contributed by atoms with E-state index < -0.39 is 14.8 Å². The van der Waals surface area contributed by atoms with Gasteiger partial charge < -0.3 is 14.3 Å². The summed E-state index contributed by atoms with van der Waals surface area (Å²) in [6.45, 7) is 5.52. The van der Waals surface area contributed by atoms with E-state index in [0.29, 0.717) is 38.5 Å². The van der Waals surface area contributed by atoms with Crippen molar-refractivity contribution in [1.82, 2.24) is 4.31 Å². The first-order chi connectivity index (χ1) is 12.1. The fraction of sp³-hybridized carbons (Fsp3) is 0.944. The van der Waals surface area contributed by atoms with Crippen LogP contribution in [0, 0.1) is 5.92 Å². The van der Waals surface area contributed by atoms with Crippen LogP contribution < -0.4 is 0 Å². The molecule has 0 N–H and O–H groups in total. The number of aldehydes is 1. The van der Waals surface area contributed by atoms with Crippen LogP contribution in [0.25, 0.3) is 0 Å². The van der Waals surface area contributed by atoms with Gasteiger partial charge in [-0.1, -0.05) is 19.8 Å². The number of hydrogen-bond donors (Lipinski definition) is 0. The van der Waals surface area contributed by atoms with E-state index in [1.807, 2.05) is 0 Å². The number of piperidine rings is 1. The summed E-state index contributed by atoms with van der Waals surface area (Å²) in [6.07, 6.45) is 7.38. The first-order valence-electron chi connectivity index (χ1n) is 9.67. The molecule has 0 aliphatic carbocycles. The number of rotatable bonds is 10. The van der Waals surface area contributed by atoms with E-state index in [1.54, 1.807) is 4.31 Å². The number of carbonyl (C=O) groups is 1. The highest BCUT2D eigenvalue weighted by molar-refractivity contribution is 7.91. The summed E-state index contributed by atoms with van der Waals surface area (Å²) in [4.78, 5) is 11.6. The predicted octanol–water partition coefficient (Wildman–Crippen LogP) is 2.37. The predicted molar refractivity (Wildman–Crippen MR) is 97.0 cm³/mol. The van der Waals surface area contributed by atoms with Crippen molar-refractivity contribution in [3.63, 3.8) is 0 Å². The van der Waals surface area contributed by atoms with E-state index in [2.05, 4.69) is 6.92 Å². The molecule has 0 spiro atoms. The molecule has 0 aromatic carbocycles. The van der Waals surface area contributed by atoms with Crippen LogP contribution in [0.2, 0.25) is 0 Å². The molecule has 2 fully saturated rings. The van der Waals surface area contributed by atoms with Gasteiger partial charge >= 0.3 is 0 Å². The lowest BCUT2D eigenvalue weighted by Gasteiger charge is -2.39. The Kier molecular flexibility index (Phi) is 8.32. The zero-order chi connectivity index (χ0) is 18.2. The van der Waals surface area contributed by atoms with Crippen molar-refractivity contribution in [2.24, 2.45) is 5.92 Å².